The molecule has 0 heterocycles. The van der Waals surface area contributed by atoms with Crippen molar-refractivity contribution in [3.63, 3.8) is 0 Å². The first-order valence-electron chi connectivity index (χ1n) is 12.2. The number of carboxylic acids is 1. The third kappa shape index (κ3) is 6.27. The average Bonchev–Trinajstić information content (AvgIpc) is 2.84. The molecule has 9 heteroatoms. The van der Waals surface area contributed by atoms with Crippen molar-refractivity contribution in [1.82, 2.24) is 10.2 Å². The number of aliphatic carboxylic acids is 1. The number of nitrogens with zero attached hydrogens (tertiary/aromatic N) is 1. The van der Waals surface area contributed by atoms with E-state index in [2.05, 4.69) is 5.32 Å². The molecule has 0 bridgehead atoms. The molecule has 9 nitrogen and oxygen atoms in total. The molecule has 1 unspecified atom stereocenters. The molecule has 0 saturated heterocycles. The van der Waals surface area contributed by atoms with Crippen LogP contribution in [0.4, 0.5) is 0 Å². The Labute approximate surface area is 210 Å². The molecule has 1 saturated carbocycles. The molecular formula is C27H34N2O7. The van der Waals surface area contributed by atoms with Gasteiger partial charge in [0.15, 0.2) is 17.2 Å². The van der Waals surface area contributed by atoms with E-state index in [1.54, 1.807) is 44.2 Å². The van der Waals surface area contributed by atoms with Gasteiger partial charge < -0.3 is 30.6 Å². The van der Waals surface area contributed by atoms with Gasteiger partial charge in [0.2, 0.25) is 5.91 Å². The molecule has 36 heavy (non-hydrogen) atoms. The molecule has 0 aromatic heterocycles. The van der Waals surface area contributed by atoms with E-state index in [1.807, 2.05) is 0 Å². The zero-order chi connectivity index (χ0) is 26.4. The molecule has 0 radical (unpaired) electrons. The zero-order valence-electron chi connectivity index (χ0n) is 20.6. The van der Waals surface area contributed by atoms with Crippen molar-refractivity contribution < 1.29 is 34.8 Å². The van der Waals surface area contributed by atoms with Gasteiger partial charge >= 0.3 is 5.97 Å². The minimum absolute atomic E-state index is 0.0522. The molecule has 2 amide bonds. The van der Waals surface area contributed by atoms with Gasteiger partial charge in [-0.1, -0.05) is 63.4 Å². The van der Waals surface area contributed by atoms with Crippen LogP contribution < -0.4 is 5.32 Å². The summed E-state index contributed by atoms with van der Waals surface area (Å²) < 4.78 is 0. The molecule has 1 aliphatic rings. The molecule has 194 valence electrons. The number of phenols is 3. The number of carboxylic acid groups (broad SMARTS) is 1. The van der Waals surface area contributed by atoms with E-state index >= 15 is 0 Å². The Bertz CT molecular complexity index is 1060. The number of amides is 2. The molecule has 2 aromatic carbocycles. The lowest BCUT2D eigenvalue weighted by Gasteiger charge is -2.38. The fraction of sp³-hybridized carbons (Fsp3) is 0.444. The fourth-order valence-electron chi connectivity index (χ4n) is 4.76. The number of hydrogen-bond donors (Lipinski definition) is 5. The van der Waals surface area contributed by atoms with Crippen molar-refractivity contribution in [2.75, 3.05) is 0 Å². The van der Waals surface area contributed by atoms with Crippen LogP contribution in [0.1, 0.15) is 61.9 Å². The Morgan fingerprint density at radius 2 is 1.56 bits per heavy atom. The van der Waals surface area contributed by atoms with Crippen LogP contribution in [0.2, 0.25) is 0 Å². The normalized spacial score (nSPS) is 15.8. The summed E-state index contributed by atoms with van der Waals surface area (Å²) in [5.41, 5.74) is 0.410. The molecule has 2 aromatic rings. The quantitative estimate of drug-likeness (QED) is 0.333. The molecule has 3 rings (SSSR count). The summed E-state index contributed by atoms with van der Waals surface area (Å²) in [5.74, 6) is -5.32. The Morgan fingerprint density at radius 3 is 2.08 bits per heavy atom. The first-order chi connectivity index (χ1) is 17.1. The van der Waals surface area contributed by atoms with E-state index in [-0.39, 0.29) is 18.0 Å². The first-order valence-corrected chi connectivity index (χ1v) is 12.2. The third-order valence-electron chi connectivity index (χ3n) is 6.60. The van der Waals surface area contributed by atoms with Gasteiger partial charge in [-0.3, -0.25) is 9.59 Å². The monoisotopic (exact) mass is 498 g/mol. The van der Waals surface area contributed by atoms with Crippen LogP contribution >= 0.6 is 0 Å². The van der Waals surface area contributed by atoms with Crippen LogP contribution in [0.15, 0.2) is 42.5 Å². The van der Waals surface area contributed by atoms with Crippen molar-refractivity contribution >= 4 is 17.8 Å². The predicted molar refractivity (Wildman–Crippen MR) is 133 cm³/mol. The predicted octanol–water partition coefficient (Wildman–Crippen LogP) is 3.42. The van der Waals surface area contributed by atoms with Crippen LogP contribution in [0.5, 0.6) is 17.2 Å². The van der Waals surface area contributed by atoms with Crippen LogP contribution in [-0.4, -0.2) is 61.2 Å². The van der Waals surface area contributed by atoms with E-state index in [9.17, 15) is 34.8 Å². The second kappa shape index (κ2) is 11.8. The van der Waals surface area contributed by atoms with Crippen molar-refractivity contribution in [3.8, 4) is 17.2 Å². The summed E-state index contributed by atoms with van der Waals surface area (Å²) in [6.45, 7) is 3.47. The van der Waals surface area contributed by atoms with Crippen molar-refractivity contribution in [1.29, 1.82) is 0 Å². The van der Waals surface area contributed by atoms with Gasteiger partial charge in [0.25, 0.3) is 5.91 Å². The number of aromatic hydroxyl groups is 3. The lowest BCUT2D eigenvalue weighted by atomic mass is 9.92. The highest BCUT2D eigenvalue weighted by molar-refractivity contribution is 6.01. The fourth-order valence-corrected chi connectivity index (χ4v) is 4.76. The number of benzene rings is 2. The van der Waals surface area contributed by atoms with Gasteiger partial charge in [0, 0.05) is 18.0 Å². The number of carbonyl (C=O) groups excluding carboxylic acids is 2. The second-order valence-electron chi connectivity index (χ2n) is 9.65. The van der Waals surface area contributed by atoms with E-state index in [1.165, 1.54) is 0 Å². The molecular weight excluding hydrogens is 464 g/mol. The molecule has 2 atom stereocenters. The van der Waals surface area contributed by atoms with Gasteiger partial charge in [-0.25, -0.2) is 4.79 Å². The Morgan fingerprint density at radius 1 is 0.972 bits per heavy atom. The summed E-state index contributed by atoms with van der Waals surface area (Å²) in [6, 6.07) is 8.07. The number of rotatable bonds is 9. The maximum atomic E-state index is 13.8. The Kier molecular flexibility index (Phi) is 8.79. The van der Waals surface area contributed by atoms with Crippen LogP contribution in [0.25, 0.3) is 0 Å². The maximum Gasteiger partial charge on any atom is 0.326 e. The largest absolute Gasteiger partial charge is 0.504 e. The smallest absolute Gasteiger partial charge is 0.326 e. The van der Waals surface area contributed by atoms with Gasteiger partial charge in [0.1, 0.15) is 12.1 Å². The highest BCUT2D eigenvalue weighted by atomic mass is 16.4. The van der Waals surface area contributed by atoms with Gasteiger partial charge in [-0.15, -0.1) is 0 Å². The van der Waals surface area contributed by atoms with Crippen LogP contribution in [0.3, 0.4) is 0 Å². The molecule has 0 spiro atoms. The van der Waals surface area contributed by atoms with Crippen molar-refractivity contribution in [2.45, 2.75) is 70.5 Å². The number of hydrogen-bond acceptors (Lipinski definition) is 6. The Balaban J connectivity index is 2.07. The van der Waals surface area contributed by atoms with Gasteiger partial charge in [-0.05, 0) is 36.5 Å². The molecule has 5 N–H and O–H groups in total. The summed E-state index contributed by atoms with van der Waals surface area (Å²) in [4.78, 5) is 41.0. The van der Waals surface area contributed by atoms with E-state index in [0.29, 0.717) is 5.56 Å². The average molecular weight is 499 g/mol. The third-order valence-corrected chi connectivity index (χ3v) is 6.60. The summed E-state index contributed by atoms with van der Waals surface area (Å²) >= 11 is 0. The van der Waals surface area contributed by atoms with Gasteiger partial charge in [-0.2, -0.15) is 0 Å². The van der Waals surface area contributed by atoms with Crippen molar-refractivity contribution in [2.24, 2.45) is 5.92 Å². The number of phenolic OH excluding ortho intramolecular Hbond substituents is 3. The molecule has 1 fully saturated rings. The lowest BCUT2D eigenvalue weighted by molar-refractivity contribution is -0.145. The number of nitrogens with one attached hydrogen (secondary N) is 1. The standard InChI is InChI=1S/C27H34N2O7/c1-16(2)23(25(33)28-19-11-7-4-8-12-19)29(20(27(35)36)13-17-9-5-3-6-10-17)26(34)18-14-21(30)24(32)22(31)15-18/h3,5-6,9-10,14-16,19-20,23,30-32H,4,7-8,11-13H2,1-2H3,(H,28,33)(H,35,36)/t20-,23?/m0/s1. The lowest BCUT2D eigenvalue weighted by Crippen LogP contribution is -2.60. The highest BCUT2D eigenvalue weighted by Crippen LogP contribution is 2.36. The summed E-state index contributed by atoms with van der Waals surface area (Å²) in [5, 5.41) is 42.9. The van der Waals surface area contributed by atoms with E-state index in [0.717, 1.165) is 49.1 Å². The van der Waals surface area contributed by atoms with Crippen LogP contribution in [0, 0.1) is 5.92 Å². The zero-order valence-corrected chi connectivity index (χ0v) is 20.6. The Hall–Kier alpha value is -3.75. The minimum atomic E-state index is -1.41. The summed E-state index contributed by atoms with van der Waals surface area (Å²) in [6.07, 6.45) is 4.64. The second-order valence-corrected chi connectivity index (χ2v) is 9.65. The van der Waals surface area contributed by atoms with Gasteiger partial charge in [0.05, 0.1) is 0 Å². The van der Waals surface area contributed by atoms with E-state index in [4.69, 9.17) is 0 Å². The van der Waals surface area contributed by atoms with Crippen molar-refractivity contribution in [3.05, 3.63) is 53.6 Å². The first kappa shape index (κ1) is 26.8. The topological polar surface area (TPSA) is 147 Å². The number of carbonyl (C=O) groups is 3. The molecule has 0 aliphatic heterocycles. The highest BCUT2D eigenvalue weighted by Gasteiger charge is 2.41. The molecule has 1 aliphatic carbocycles. The van der Waals surface area contributed by atoms with Crippen LogP contribution in [-0.2, 0) is 16.0 Å². The maximum absolute atomic E-state index is 13.8. The summed E-state index contributed by atoms with van der Waals surface area (Å²) in [7, 11) is 0. The SMILES string of the molecule is CC(C)C(C(=O)NC1CCCCC1)N(C(=O)c1cc(O)c(O)c(O)c1)[C@@H](Cc1ccccc1)C(=O)O. The van der Waals surface area contributed by atoms with E-state index < -0.39 is 53.0 Å². The minimum Gasteiger partial charge on any atom is -0.504 e.